The Morgan fingerprint density at radius 3 is 2.36 bits per heavy atom. The van der Waals surface area contributed by atoms with Gasteiger partial charge in [-0.25, -0.2) is 4.79 Å². The summed E-state index contributed by atoms with van der Waals surface area (Å²) in [6.07, 6.45) is 0.243. The first-order chi connectivity index (χ1) is 13.3. The zero-order valence-corrected chi connectivity index (χ0v) is 17.3. The van der Waals surface area contributed by atoms with Crippen LogP contribution in [0.3, 0.4) is 0 Å². The minimum Gasteiger partial charge on any atom is -0.349 e. The van der Waals surface area contributed by atoms with E-state index in [2.05, 4.69) is 40.7 Å². The molecule has 150 valence electrons. The average Bonchev–Trinajstić information content (AvgIpc) is 2.63. The van der Waals surface area contributed by atoms with Gasteiger partial charge >= 0.3 is 6.03 Å². The van der Waals surface area contributed by atoms with Crippen LogP contribution in [0.15, 0.2) is 48.5 Å². The van der Waals surface area contributed by atoms with Gasteiger partial charge in [0.1, 0.15) is 0 Å². The normalized spacial score (nSPS) is 11.8. The van der Waals surface area contributed by atoms with Crippen molar-refractivity contribution in [2.75, 3.05) is 40.1 Å². The van der Waals surface area contributed by atoms with Crippen molar-refractivity contribution >= 4 is 17.6 Å². The molecule has 6 nitrogen and oxygen atoms in total. The summed E-state index contributed by atoms with van der Waals surface area (Å²) in [5.74, 6) is -0.0122. The lowest BCUT2D eigenvalue weighted by molar-refractivity contribution is -0.127. The fourth-order valence-corrected chi connectivity index (χ4v) is 2.95. The number of amides is 3. The van der Waals surface area contributed by atoms with Crippen LogP contribution in [0, 0.1) is 6.92 Å². The molecule has 3 amide bonds. The molecule has 2 N–H and O–H groups in total. The number of hydrogen-bond acceptors (Lipinski definition) is 3. The first kappa shape index (κ1) is 21.4. The van der Waals surface area contributed by atoms with Gasteiger partial charge in [0.15, 0.2) is 0 Å². The zero-order chi connectivity index (χ0) is 20.7. The minimum atomic E-state index is -0.288. The highest BCUT2D eigenvalue weighted by Crippen LogP contribution is 2.19. The number of nitrogens with one attached hydrogen (secondary N) is 2. The maximum atomic E-state index is 12.5. The Labute approximate surface area is 167 Å². The van der Waals surface area contributed by atoms with Crippen molar-refractivity contribution in [1.82, 2.24) is 15.1 Å². The van der Waals surface area contributed by atoms with Crippen LogP contribution in [0.4, 0.5) is 10.5 Å². The molecule has 1 atom stereocenters. The molecule has 0 unspecified atom stereocenters. The third-order valence-corrected chi connectivity index (χ3v) is 4.61. The van der Waals surface area contributed by atoms with Gasteiger partial charge in [0.2, 0.25) is 5.91 Å². The van der Waals surface area contributed by atoms with Crippen molar-refractivity contribution in [1.29, 1.82) is 0 Å². The van der Waals surface area contributed by atoms with E-state index in [4.69, 9.17) is 0 Å². The molecular weight excluding hydrogens is 352 g/mol. The molecule has 6 heteroatoms. The summed E-state index contributed by atoms with van der Waals surface area (Å²) in [4.78, 5) is 28.1. The summed E-state index contributed by atoms with van der Waals surface area (Å²) in [6, 6.07) is 15.4. The monoisotopic (exact) mass is 382 g/mol. The predicted molar refractivity (Wildman–Crippen MR) is 113 cm³/mol. The Hall–Kier alpha value is -2.86. The number of hydrogen-bond donors (Lipinski definition) is 2. The van der Waals surface area contributed by atoms with Crippen molar-refractivity contribution in [3.63, 3.8) is 0 Å². The Morgan fingerprint density at radius 1 is 1.00 bits per heavy atom. The van der Waals surface area contributed by atoms with E-state index in [1.54, 1.807) is 19.0 Å². The van der Waals surface area contributed by atoms with Gasteiger partial charge < -0.3 is 20.4 Å². The van der Waals surface area contributed by atoms with E-state index in [0.717, 1.165) is 11.1 Å². The highest BCUT2D eigenvalue weighted by atomic mass is 16.2. The largest absolute Gasteiger partial charge is 0.349 e. The van der Waals surface area contributed by atoms with Gasteiger partial charge in [-0.3, -0.25) is 4.79 Å². The topological polar surface area (TPSA) is 64.7 Å². The Balaban J connectivity index is 2.03. The number of likely N-dealkylation sites (N-methyl/N-ethyl adjacent to an activating group) is 2. The van der Waals surface area contributed by atoms with E-state index in [1.807, 2.05) is 44.4 Å². The fraction of sp³-hybridized carbons (Fsp3) is 0.364. The zero-order valence-electron chi connectivity index (χ0n) is 17.3. The first-order valence-corrected chi connectivity index (χ1v) is 9.34. The molecule has 2 aromatic rings. The van der Waals surface area contributed by atoms with Gasteiger partial charge in [0.25, 0.3) is 0 Å². The molecule has 0 saturated carbocycles. The SMILES string of the molecule is Cc1cccc([C@H](CNC(=O)Nc2ccccc2CC(=O)N(C)C)N(C)C)c1. The van der Waals surface area contributed by atoms with E-state index in [-0.39, 0.29) is 24.4 Å². The van der Waals surface area contributed by atoms with Crippen LogP contribution in [0.1, 0.15) is 22.7 Å². The summed E-state index contributed by atoms with van der Waals surface area (Å²) in [6.45, 7) is 2.53. The molecule has 0 radical (unpaired) electrons. The average molecular weight is 383 g/mol. The highest BCUT2D eigenvalue weighted by molar-refractivity contribution is 5.91. The maximum Gasteiger partial charge on any atom is 0.319 e. The molecule has 0 fully saturated rings. The highest BCUT2D eigenvalue weighted by Gasteiger charge is 2.16. The van der Waals surface area contributed by atoms with Crippen LogP contribution in [0.5, 0.6) is 0 Å². The second-order valence-corrected chi connectivity index (χ2v) is 7.35. The fourth-order valence-electron chi connectivity index (χ4n) is 2.95. The van der Waals surface area contributed by atoms with Gasteiger partial charge in [-0.15, -0.1) is 0 Å². The van der Waals surface area contributed by atoms with Gasteiger partial charge in [0, 0.05) is 26.3 Å². The van der Waals surface area contributed by atoms with Crippen LogP contribution >= 0.6 is 0 Å². The lowest BCUT2D eigenvalue weighted by atomic mass is 10.0. The second kappa shape index (κ2) is 9.90. The number of carbonyl (C=O) groups excluding carboxylic acids is 2. The third-order valence-electron chi connectivity index (χ3n) is 4.61. The Morgan fingerprint density at radius 2 is 1.71 bits per heavy atom. The lowest BCUT2D eigenvalue weighted by Gasteiger charge is -2.25. The quantitative estimate of drug-likeness (QED) is 0.774. The molecule has 0 aromatic heterocycles. The van der Waals surface area contributed by atoms with E-state index in [1.165, 1.54) is 5.56 Å². The summed E-state index contributed by atoms with van der Waals surface area (Å²) >= 11 is 0. The van der Waals surface area contributed by atoms with Gasteiger partial charge in [0.05, 0.1) is 12.5 Å². The second-order valence-electron chi connectivity index (χ2n) is 7.35. The van der Waals surface area contributed by atoms with Crippen LogP contribution in [0.2, 0.25) is 0 Å². The predicted octanol–water partition coefficient (Wildman–Crippen LogP) is 3.05. The van der Waals surface area contributed by atoms with Crippen molar-refractivity contribution < 1.29 is 9.59 Å². The van der Waals surface area contributed by atoms with Crippen LogP contribution in [-0.2, 0) is 11.2 Å². The summed E-state index contributed by atoms with van der Waals surface area (Å²) in [5.41, 5.74) is 3.78. The van der Waals surface area contributed by atoms with Crippen molar-refractivity contribution in [3.8, 4) is 0 Å². The molecule has 2 aromatic carbocycles. The summed E-state index contributed by atoms with van der Waals surface area (Å²) in [5, 5.41) is 5.82. The van der Waals surface area contributed by atoms with Crippen molar-refractivity contribution in [3.05, 3.63) is 65.2 Å². The van der Waals surface area contributed by atoms with E-state index in [9.17, 15) is 9.59 Å². The van der Waals surface area contributed by atoms with E-state index < -0.39 is 0 Å². The molecule has 0 aliphatic carbocycles. The van der Waals surface area contributed by atoms with Crippen molar-refractivity contribution in [2.24, 2.45) is 0 Å². The molecule has 0 spiro atoms. The number of benzene rings is 2. The lowest BCUT2D eigenvalue weighted by Crippen LogP contribution is -2.37. The Bertz CT molecular complexity index is 818. The number of urea groups is 1. The molecular formula is C22H30N4O2. The smallest absolute Gasteiger partial charge is 0.319 e. The van der Waals surface area contributed by atoms with Gasteiger partial charge in [-0.05, 0) is 38.2 Å². The van der Waals surface area contributed by atoms with Gasteiger partial charge in [-0.1, -0.05) is 48.0 Å². The summed E-state index contributed by atoms with van der Waals surface area (Å²) in [7, 11) is 7.43. The third kappa shape index (κ3) is 6.09. The van der Waals surface area contributed by atoms with Crippen LogP contribution in [-0.4, -0.2) is 56.5 Å². The van der Waals surface area contributed by atoms with Crippen molar-refractivity contribution in [2.45, 2.75) is 19.4 Å². The molecule has 2 rings (SSSR count). The molecule has 0 aliphatic rings. The molecule has 0 aliphatic heterocycles. The number of anilines is 1. The van der Waals surface area contributed by atoms with E-state index in [0.29, 0.717) is 12.2 Å². The number of nitrogens with zero attached hydrogens (tertiary/aromatic N) is 2. The Kier molecular flexibility index (Phi) is 7.58. The molecule has 0 saturated heterocycles. The van der Waals surface area contributed by atoms with Crippen LogP contribution in [0.25, 0.3) is 0 Å². The van der Waals surface area contributed by atoms with E-state index >= 15 is 0 Å². The molecule has 0 bridgehead atoms. The number of carbonyl (C=O) groups is 2. The maximum absolute atomic E-state index is 12.5. The standard InChI is InChI=1S/C22H30N4O2/c1-16-9-8-11-18(13-16)20(25(2)3)15-23-22(28)24-19-12-7-6-10-17(19)14-21(27)26(4)5/h6-13,20H,14-15H2,1-5H3,(H2,23,24,28)/t20-/m0/s1. The summed E-state index contributed by atoms with van der Waals surface area (Å²) < 4.78 is 0. The molecule has 28 heavy (non-hydrogen) atoms. The van der Waals surface area contributed by atoms with Gasteiger partial charge in [-0.2, -0.15) is 0 Å². The molecule has 0 heterocycles. The number of para-hydroxylation sites is 1. The van der Waals surface area contributed by atoms with Crippen LogP contribution < -0.4 is 10.6 Å². The number of rotatable bonds is 7. The first-order valence-electron chi connectivity index (χ1n) is 9.34. The minimum absolute atomic E-state index is 0.0122. The number of aryl methyl sites for hydroxylation is 1.